The number of fused-ring (bicyclic) bond motifs is 1. The van der Waals surface area contributed by atoms with Crippen molar-refractivity contribution in [3.63, 3.8) is 0 Å². The minimum atomic E-state index is -0.976. The molecule has 2 aromatic heterocycles. The van der Waals surface area contributed by atoms with Gasteiger partial charge in [0.15, 0.2) is 11.5 Å². The molecule has 0 spiro atoms. The summed E-state index contributed by atoms with van der Waals surface area (Å²) in [5.41, 5.74) is 3.72. The molecule has 106 valence electrons. The summed E-state index contributed by atoms with van der Waals surface area (Å²) >= 11 is 0. The van der Waals surface area contributed by atoms with Crippen LogP contribution in [-0.2, 0) is 0 Å². The first-order valence-electron chi connectivity index (χ1n) is 6.52. The number of aryl methyl sites for hydroxylation is 3. The van der Waals surface area contributed by atoms with Crippen molar-refractivity contribution >= 4 is 11.6 Å². The Bertz CT molecular complexity index is 867. The average molecular weight is 282 g/mol. The molecule has 0 saturated carbocycles. The zero-order valence-corrected chi connectivity index (χ0v) is 12.0. The normalized spacial score (nSPS) is 11.0. The third-order valence-electron chi connectivity index (χ3n) is 3.46. The van der Waals surface area contributed by atoms with E-state index in [1.165, 1.54) is 0 Å². The first kappa shape index (κ1) is 13.2. The molecule has 6 heteroatoms. The van der Waals surface area contributed by atoms with E-state index in [9.17, 15) is 9.90 Å². The molecule has 0 bridgehead atoms. The Hall–Kier alpha value is -2.76. The highest BCUT2D eigenvalue weighted by molar-refractivity contribution is 5.97. The maximum atomic E-state index is 11.6. The first-order chi connectivity index (χ1) is 9.99. The summed E-state index contributed by atoms with van der Waals surface area (Å²) in [6.45, 7) is 5.50. The van der Waals surface area contributed by atoms with E-state index < -0.39 is 5.97 Å². The van der Waals surface area contributed by atoms with Gasteiger partial charge in [-0.05, 0) is 44.0 Å². The molecule has 0 radical (unpaired) electrons. The summed E-state index contributed by atoms with van der Waals surface area (Å²) in [4.78, 5) is 11.6. The van der Waals surface area contributed by atoms with Gasteiger partial charge in [0.25, 0.3) is 0 Å². The van der Waals surface area contributed by atoms with Crippen molar-refractivity contribution < 1.29 is 9.90 Å². The largest absolute Gasteiger partial charge is 0.478 e. The fourth-order valence-corrected chi connectivity index (χ4v) is 2.41. The maximum absolute atomic E-state index is 11.6. The monoisotopic (exact) mass is 282 g/mol. The fraction of sp³-hybridized carbons (Fsp3) is 0.200. The molecule has 6 nitrogen and oxygen atoms in total. The molecule has 0 saturated heterocycles. The molecule has 0 unspecified atom stereocenters. The second kappa shape index (κ2) is 4.66. The van der Waals surface area contributed by atoms with Crippen LogP contribution in [0.4, 0.5) is 0 Å². The van der Waals surface area contributed by atoms with E-state index in [-0.39, 0.29) is 5.56 Å². The van der Waals surface area contributed by atoms with Crippen molar-refractivity contribution in [2.75, 3.05) is 0 Å². The SMILES string of the molecule is Cc1ccc2nnc(-c3c(C)ccc(C)c3C(=O)O)n2n1. The lowest BCUT2D eigenvalue weighted by Gasteiger charge is -2.10. The molecule has 3 aromatic rings. The van der Waals surface area contributed by atoms with Crippen molar-refractivity contribution in [1.29, 1.82) is 0 Å². The molecule has 0 amide bonds. The summed E-state index contributed by atoms with van der Waals surface area (Å²) in [6.07, 6.45) is 0. The van der Waals surface area contributed by atoms with Gasteiger partial charge >= 0.3 is 5.97 Å². The zero-order chi connectivity index (χ0) is 15.1. The highest BCUT2D eigenvalue weighted by Gasteiger charge is 2.21. The summed E-state index contributed by atoms with van der Waals surface area (Å²) < 4.78 is 1.59. The smallest absolute Gasteiger partial charge is 0.336 e. The van der Waals surface area contributed by atoms with Crippen molar-refractivity contribution in [3.05, 3.63) is 46.6 Å². The van der Waals surface area contributed by atoms with Crippen LogP contribution in [0, 0.1) is 20.8 Å². The minimum absolute atomic E-state index is 0.243. The number of carbonyl (C=O) groups is 1. The molecule has 0 aliphatic heterocycles. The zero-order valence-electron chi connectivity index (χ0n) is 12.0. The lowest BCUT2D eigenvalue weighted by Crippen LogP contribution is -2.07. The molecular weight excluding hydrogens is 268 g/mol. The Morgan fingerprint density at radius 2 is 1.76 bits per heavy atom. The van der Waals surface area contributed by atoms with Crippen molar-refractivity contribution in [1.82, 2.24) is 19.8 Å². The average Bonchev–Trinajstić information content (AvgIpc) is 2.83. The summed E-state index contributed by atoms with van der Waals surface area (Å²) in [7, 11) is 0. The highest BCUT2D eigenvalue weighted by atomic mass is 16.4. The van der Waals surface area contributed by atoms with Gasteiger partial charge in [-0.3, -0.25) is 0 Å². The number of hydrogen-bond acceptors (Lipinski definition) is 4. The van der Waals surface area contributed by atoms with Gasteiger partial charge in [0.05, 0.1) is 11.3 Å². The van der Waals surface area contributed by atoms with Crippen LogP contribution in [0.1, 0.15) is 27.2 Å². The fourth-order valence-electron chi connectivity index (χ4n) is 2.41. The van der Waals surface area contributed by atoms with Crippen molar-refractivity contribution in [3.8, 4) is 11.4 Å². The van der Waals surface area contributed by atoms with Gasteiger partial charge in [0.1, 0.15) is 0 Å². The maximum Gasteiger partial charge on any atom is 0.336 e. The van der Waals surface area contributed by atoms with E-state index in [1.807, 2.05) is 32.0 Å². The summed E-state index contributed by atoms with van der Waals surface area (Å²) in [6, 6.07) is 7.33. The van der Waals surface area contributed by atoms with Crippen LogP contribution in [0.5, 0.6) is 0 Å². The van der Waals surface area contributed by atoms with Crippen LogP contribution in [0.2, 0.25) is 0 Å². The Labute approximate surface area is 121 Å². The van der Waals surface area contributed by atoms with Crippen LogP contribution in [0.15, 0.2) is 24.3 Å². The Balaban J connectivity index is 2.40. The number of carboxylic acid groups (broad SMARTS) is 1. The van der Waals surface area contributed by atoms with E-state index in [0.29, 0.717) is 22.6 Å². The van der Waals surface area contributed by atoms with E-state index >= 15 is 0 Å². The minimum Gasteiger partial charge on any atom is -0.478 e. The second-order valence-electron chi connectivity index (χ2n) is 5.02. The van der Waals surface area contributed by atoms with Gasteiger partial charge in [-0.25, -0.2) is 4.79 Å². The molecule has 0 atom stereocenters. The third kappa shape index (κ3) is 2.05. The molecule has 1 aromatic carbocycles. The number of carboxylic acids is 1. The lowest BCUT2D eigenvalue weighted by atomic mass is 9.97. The predicted octanol–water partition coefficient (Wildman–Crippen LogP) is 2.41. The van der Waals surface area contributed by atoms with Crippen molar-refractivity contribution in [2.24, 2.45) is 0 Å². The molecule has 0 aliphatic rings. The molecule has 3 rings (SSSR count). The molecule has 21 heavy (non-hydrogen) atoms. The van der Waals surface area contributed by atoms with Crippen molar-refractivity contribution in [2.45, 2.75) is 20.8 Å². The Morgan fingerprint density at radius 3 is 2.48 bits per heavy atom. The van der Waals surface area contributed by atoms with Crippen LogP contribution >= 0.6 is 0 Å². The van der Waals surface area contributed by atoms with E-state index in [2.05, 4.69) is 15.3 Å². The third-order valence-corrected chi connectivity index (χ3v) is 3.46. The van der Waals surface area contributed by atoms with Gasteiger partial charge in [-0.2, -0.15) is 9.61 Å². The number of rotatable bonds is 2. The predicted molar refractivity (Wildman–Crippen MR) is 77.4 cm³/mol. The first-order valence-corrected chi connectivity index (χ1v) is 6.52. The number of benzene rings is 1. The topological polar surface area (TPSA) is 80.4 Å². The number of aromatic nitrogens is 4. The van der Waals surface area contributed by atoms with E-state index in [0.717, 1.165) is 11.3 Å². The molecule has 0 fully saturated rings. The van der Waals surface area contributed by atoms with Gasteiger partial charge in [-0.15, -0.1) is 10.2 Å². The van der Waals surface area contributed by atoms with Gasteiger partial charge < -0.3 is 5.11 Å². The standard InChI is InChI=1S/C15H14N4O2/c1-8-4-5-9(2)13(15(20)21)12(8)14-17-16-11-7-6-10(3)18-19(11)14/h4-7H,1-3H3,(H,20,21). The van der Waals surface area contributed by atoms with Crippen LogP contribution in [0.25, 0.3) is 17.0 Å². The van der Waals surface area contributed by atoms with E-state index in [4.69, 9.17) is 0 Å². The quantitative estimate of drug-likeness (QED) is 0.780. The van der Waals surface area contributed by atoms with Gasteiger partial charge in [-0.1, -0.05) is 12.1 Å². The van der Waals surface area contributed by atoms with Crippen LogP contribution in [0.3, 0.4) is 0 Å². The Morgan fingerprint density at radius 1 is 1.05 bits per heavy atom. The van der Waals surface area contributed by atoms with E-state index in [1.54, 1.807) is 17.5 Å². The molecular formula is C15H14N4O2. The molecule has 1 N–H and O–H groups in total. The number of hydrogen-bond donors (Lipinski definition) is 1. The van der Waals surface area contributed by atoms with Gasteiger partial charge in [0, 0.05) is 5.56 Å². The van der Waals surface area contributed by atoms with Gasteiger partial charge in [0.2, 0.25) is 0 Å². The number of nitrogens with zero attached hydrogens (tertiary/aromatic N) is 4. The van der Waals surface area contributed by atoms with Crippen LogP contribution < -0.4 is 0 Å². The Kier molecular flexibility index (Phi) is 2.94. The van der Waals surface area contributed by atoms with Crippen LogP contribution in [-0.4, -0.2) is 30.9 Å². The molecule has 2 heterocycles. The molecule has 0 aliphatic carbocycles. The second-order valence-corrected chi connectivity index (χ2v) is 5.02. The highest BCUT2D eigenvalue weighted by Crippen LogP contribution is 2.28. The summed E-state index contributed by atoms with van der Waals surface area (Å²) in [5, 5.41) is 22.1. The lowest BCUT2D eigenvalue weighted by molar-refractivity contribution is 0.0697. The summed E-state index contributed by atoms with van der Waals surface area (Å²) in [5.74, 6) is -0.525. The number of aromatic carboxylic acids is 1.